The van der Waals surface area contributed by atoms with E-state index in [1.807, 2.05) is 0 Å². The van der Waals surface area contributed by atoms with Crippen molar-refractivity contribution in [1.29, 1.82) is 0 Å². The van der Waals surface area contributed by atoms with Crippen LogP contribution in [0, 0.1) is 0 Å². The van der Waals surface area contributed by atoms with E-state index in [0.717, 1.165) is 0 Å². The van der Waals surface area contributed by atoms with E-state index in [4.69, 9.17) is 10.2 Å². The van der Waals surface area contributed by atoms with Crippen molar-refractivity contribution < 1.29 is 74.6 Å². The van der Waals surface area contributed by atoms with Crippen molar-refractivity contribution >= 4 is 18.5 Å². The predicted octanol–water partition coefficient (Wildman–Crippen LogP) is -4.95. The first-order chi connectivity index (χ1) is 4.52. The van der Waals surface area contributed by atoms with Crippen LogP contribution in [-0.4, -0.2) is 28.7 Å². The molecule has 0 spiro atoms. The summed E-state index contributed by atoms with van der Waals surface area (Å²) < 4.78 is 6.47. The Morgan fingerprint density at radius 1 is 0.857 bits per heavy atom. The van der Waals surface area contributed by atoms with E-state index < -0.39 is 18.5 Å². The molecule has 0 aromatic rings. The summed E-state index contributed by atoms with van der Waals surface area (Å²) >= 11 is 0. The van der Waals surface area contributed by atoms with Crippen molar-refractivity contribution in [1.82, 2.24) is 12.3 Å². The van der Waals surface area contributed by atoms with Crippen LogP contribution in [-0.2, 0) is 9.47 Å². The summed E-state index contributed by atoms with van der Waals surface area (Å²) in [4.78, 5) is 28.8. The van der Waals surface area contributed by atoms with E-state index in [0.29, 0.717) is 0 Å². The maximum absolute atomic E-state index is 9.86. The molecule has 0 heterocycles. The van der Waals surface area contributed by atoms with Crippen LogP contribution in [0.3, 0.4) is 0 Å². The van der Waals surface area contributed by atoms with E-state index in [1.54, 1.807) is 0 Å². The van der Waals surface area contributed by atoms with Crippen LogP contribution in [0.25, 0.3) is 0 Å². The van der Waals surface area contributed by atoms with Gasteiger partial charge in [-0.25, -0.2) is 14.4 Å². The van der Waals surface area contributed by atoms with Crippen molar-refractivity contribution in [3.05, 3.63) is 0 Å². The maximum atomic E-state index is 9.86. The zero-order valence-electron chi connectivity index (χ0n) is 9.85. The third-order valence-corrected chi connectivity index (χ3v) is 0.341. The van der Waals surface area contributed by atoms with Gasteiger partial charge in [-0.05, 0) is 0 Å². The number of carboxylic acid groups (broad SMARTS) is 2. The van der Waals surface area contributed by atoms with E-state index in [9.17, 15) is 14.4 Å². The minimum absolute atomic E-state index is 0. The van der Waals surface area contributed by atoms with Crippen LogP contribution in [0.5, 0.6) is 0 Å². The van der Waals surface area contributed by atoms with Gasteiger partial charge in [0.25, 0.3) is 0 Å². The van der Waals surface area contributed by atoms with Gasteiger partial charge in [-0.3, -0.25) is 0 Å². The number of rotatable bonds is 0. The first-order valence-electron chi connectivity index (χ1n) is 1.88. The second-order valence-corrected chi connectivity index (χ2v) is 0.986. The second kappa shape index (κ2) is 14.8. The molecule has 0 bridgehead atoms. The van der Waals surface area contributed by atoms with Gasteiger partial charge >= 0.3 is 56.2 Å². The molecule has 0 aliphatic rings. The van der Waals surface area contributed by atoms with Crippen LogP contribution < -0.4 is 50.0 Å². The largest absolute Gasteiger partial charge is 1.00 e. The van der Waals surface area contributed by atoms with Gasteiger partial charge in [0.05, 0.1) is 0 Å². The second-order valence-electron chi connectivity index (χ2n) is 0.986. The summed E-state index contributed by atoms with van der Waals surface area (Å²) in [5.41, 5.74) is 0. The topological polar surface area (TPSA) is 180 Å². The molecule has 0 aromatic carbocycles. The van der Waals surface area contributed by atoms with Gasteiger partial charge in [-0.15, -0.1) is 0 Å². The Morgan fingerprint density at radius 2 is 1.07 bits per heavy atom. The Hall–Kier alpha value is -0.675. The van der Waals surface area contributed by atoms with Crippen molar-refractivity contribution in [3.63, 3.8) is 0 Å². The summed E-state index contributed by atoms with van der Waals surface area (Å²) in [5, 5.41) is 15.4. The van der Waals surface area contributed by atoms with Gasteiger partial charge < -0.3 is 34.8 Å². The molecule has 0 amide bonds. The van der Waals surface area contributed by atoms with Crippen LogP contribution in [0.2, 0.25) is 0 Å². The Balaban J connectivity index is -0.0000000270. The zero-order valence-corrected chi connectivity index (χ0v) is 7.85. The number of carbonyl (C=O) groups excluding carboxylic acids is 1. The molecule has 9 nitrogen and oxygen atoms in total. The fraction of sp³-hybridized carbons (Fsp3) is 0. The average molecular weight is 200 g/mol. The maximum Gasteiger partial charge on any atom is 1.00 e. The van der Waals surface area contributed by atoms with Gasteiger partial charge in [0.1, 0.15) is 0 Å². The first-order valence-corrected chi connectivity index (χ1v) is 1.88. The summed E-state index contributed by atoms with van der Waals surface area (Å²) in [5.74, 6) is 0. The molecule has 0 aromatic heterocycles. The normalized spacial score (nSPS) is 5.71. The summed E-state index contributed by atoms with van der Waals surface area (Å²) in [6.07, 6.45) is -5.64. The number of ether oxygens (including phenoxy) is 2. The molecule has 0 unspecified atom stereocenters. The van der Waals surface area contributed by atoms with Crippen LogP contribution >= 0.6 is 0 Å². The van der Waals surface area contributed by atoms with E-state index in [1.165, 1.54) is 0 Å². The molecule has 0 aliphatic heterocycles. The van der Waals surface area contributed by atoms with E-state index in [-0.39, 0.29) is 52.9 Å². The quantitative estimate of drug-likeness (QED) is 0.169. The molecule has 0 radical (unpaired) electrons. The molecular weight excluding hydrogens is 190 g/mol. The van der Waals surface area contributed by atoms with E-state index >= 15 is 0 Å². The first kappa shape index (κ1) is 29.2. The molecule has 0 saturated carbocycles. The minimum Gasteiger partial charge on any atom is -1.00 e. The summed E-state index contributed by atoms with van der Waals surface area (Å²) in [7, 11) is 0. The summed E-state index contributed by atoms with van der Waals surface area (Å²) in [6.45, 7) is 0. The molecule has 11 heteroatoms. The Morgan fingerprint density at radius 3 is 1.21 bits per heavy atom. The fourth-order valence-corrected chi connectivity index (χ4v) is 0.163. The smallest absolute Gasteiger partial charge is 1.00 e. The van der Waals surface area contributed by atoms with Crippen LogP contribution in [0.15, 0.2) is 0 Å². The van der Waals surface area contributed by atoms with Gasteiger partial charge in [0, 0.05) is 0 Å². The molecule has 14 heavy (non-hydrogen) atoms. The molecule has 0 fully saturated rings. The van der Waals surface area contributed by atoms with Gasteiger partial charge in [-0.2, -0.15) is 0 Å². The van der Waals surface area contributed by atoms with Gasteiger partial charge in [0.2, 0.25) is 0 Å². The Bertz CT molecular complexity index is 176. The molecule has 0 rings (SSSR count). The third kappa shape index (κ3) is 22.5. The molecule has 0 aliphatic carbocycles. The standard InChI is InChI=1S/C3H2O7.2Li.2H3N.2H/c4-1(5)9-3(8)10-2(6)7;;;;;;/h(H,4,5)(H,6,7);;;2*1H3;;/q;2*+1;;;2*-1. The van der Waals surface area contributed by atoms with Crippen LogP contribution in [0.4, 0.5) is 14.4 Å². The number of hydrogen-bond acceptors (Lipinski definition) is 7. The summed E-state index contributed by atoms with van der Waals surface area (Å²) in [6, 6.07) is 0. The Kier molecular flexibility index (Phi) is 30.9. The Labute approximate surface area is 106 Å². The van der Waals surface area contributed by atoms with Gasteiger partial charge in [0.15, 0.2) is 0 Å². The van der Waals surface area contributed by atoms with Gasteiger partial charge in [-0.1, -0.05) is 0 Å². The predicted molar refractivity (Wildman–Crippen MR) is 35.9 cm³/mol. The minimum atomic E-state index is -1.92. The van der Waals surface area contributed by atoms with Crippen molar-refractivity contribution in [2.45, 2.75) is 0 Å². The number of hydrogen-bond donors (Lipinski definition) is 4. The monoisotopic (exact) mass is 200 g/mol. The molecular formula is C3H10Li2N2O7. The number of carbonyl (C=O) groups is 3. The molecule has 0 atom stereocenters. The zero-order chi connectivity index (χ0) is 8.15. The van der Waals surface area contributed by atoms with Crippen molar-refractivity contribution in [2.75, 3.05) is 0 Å². The van der Waals surface area contributed by atoms with E-state index in [2.05, 4.69) is 9.47 Å². The van der Waals surface area contributed by atoms with Crippen LogP contribution in [0.1, 0.15) is 2.85 Å². The fourth-order valence-electron chi connectivity index (χ4n) is 0.163. The molecule has 0 saturated heterocycles. The molecule has 8 N–H and O–H groups in total. The SMILES string of the molecule is N.N.O=C(O)OC(=O)OC(=O)O.[H-].[H-].[Li+].[Li+]. The van der Waals surface area contributed by atoms with Crippen molar-refractivity contribution in [2.24, 2.45) is 0 Å². The average Bonchev–Trinajstić information content (AvgIpc) is 1.58. The molecule has 76 valence electrons. The third-order valence-electron chi connectivity index (χ3n) is 0.341. The van der Waals surface area contributed by atoms with Crippen molar-refractivity contribution in [3.8, 4) is 0 Å².